The zero-order valence-electron chi connectivity index (χ0n) is 33.6. The fourth-order valence-electron chi connectivity index (χ4n) is 7.53. The van der Waals surface area contributed by atoms with Gasteiger partial charge < -0.3 is 24.0 Å². The summed E-state index contributed by atoms with van der Waals surface area (Å²) in [7, 11) is 0. The topological polar surface area (TPSA) is 137 Å². The van der Waals surface area contributed by atoms with Gasteiger partial charge in [-0.05, 0) is 74.9 Å². The third-order valence-corrected chi connectivity index (χ3v) is 11.0. The molecule has 0 spiro atoms. The van der Waals surface area contributed by atoms with Gasteiger partial charge in [-0.15, -0.1) is 0 Å². The molecule has 0 N–H and O–H groups in total. The van der Waals surface area contributed by atoms with Crippen LogP contribution >= 0.6 is 0 Å². The summed E-state index contributed by atoms with van der Waals surface area (Å²) in [6.45, 7) is 15.8. The molecule has 4 aromatic carbocycles. The first-order valence-corrected chi connectivity index (χ1v) is 19.5. The van der Waals surface area contributed by atoms with Crippen LogP contribution in [0, 0.1) is 0 Å². The Labute approximate surface area is 332 Å². The van der Waals surface area contributed by atoms with E-state index in [1.165, 1.54) is 34.1 Å². The van der Waals surface area contributed by atoms with E-state index in [1.54, 1.807) is 88.4 Å². The van der Waals surface area contributed by atoms with Crippen LogP contribution in [0.3, 0.4) is 0 Å². The number of ether oxygens (including phenoxy) is 3. The second kappa shape index (κ2) is 15.8. The second-order valence-electron chi connectivity index (χ2n) is 14.8. The predicted octanol–water partition coefficient (Wildman–Crippen LogP) is 9.23. The molecule has 0 saturated heterocycles. The monoisotopic (exact) mass is 772 g/mol. The molecule has 2 amide bonds. The number of carbonyl (C=O) groups excluding carboxylic acids is 6. The maximum atomic E-state index is 14.7. The molecule has 0 fully saturated rings. The molecule has 4 aromatic rings. The van der Waals surface area contributed by atoms with Crippen LogP contribution in [-0.4, -0.2) is 71.3 Å². The minimum absolute atomic E-state index is 0.0363. The van der Waals surface area contributed by atoms with E-state index in [4.69, 9.17) is 14.2 Å². The lowest BCUT2D eigenvalue weighted by Crippen LogP contribution is -2.47. The van der Waals surface area contributed by atoms with Gasteiger partial charge in [-0.1, -0.05) is 88.4 Å². The molecule has 296 valence electrons. The molecule has 57 heavy (non-hydrogen) atoms. The summed E-state index contributed by atoms with van der Waals surface area (Å²) < 4.78 is 19.1. The van der Waals surface area contributed by atoms with Crippen molar-refractivity contribution in [1.29, 1.82) is 0 Å². The molecular weight excluding hydrogens is 725 g/mol. The van der Waals surface area contributed by atoms with Gasteiger partial charge in [-0.3, -0.25) is 19.2 Å². The average molecular weight is 773 g/mol. The number of nitrogens with zero attached hydrogens (tertiary/aromatic N) is 2. The molecule has 2 aliphatic carbocycles. The summed E-state index contributed by atoms with van der Waals surface area (Å²) in [6.07, 6.45) is -1.75. The normalized spacial score (nSPS) is 15.1. The molecule has 0 aliphatic heterocycles. The van der Waals surface area contributed by atoms with Gasteiger partial charge >= 0.3 is 12.2 Å². The van der Waals surface area contributed by atoms with Crippen LogP contribution in [0.25, 0.3) is 0 Å². The van der Waals surface area contributed by atoms with E-state index in [-0.39, 0.29) is 82.9 Å². The summed E-state index contributed by atoms with van der Waals surface area (Å²) in [4.78, 5) is 89.1. The highest BCUT2D eigenvalue weighted by Gasteiger charge is 2.61. The first kappa shape index (κ1) is 40.6. The molecular formula is C46H48N2O9. The van der Waals surface area contributed by atoms with Gasteiger partial charge in [-0.2, -0.15) is 0 Å². The number of Topliss-reactive ketones (excluding diaryl/α,β-unsaturated/α-hetero) is 4. The maximum Gasteiger partial charge on any atom is 0.411 e. The van der Waals surface area contributed by atoms with Crippen molar-refractivity contribution < 1.29 is 43.0 Å². The van der Waals surface area contributed by atoms with E-state index in [0.717, 1.165) is 11.1 Å². The number of rotatable bonds is 12. The van der Waals surface area contributed by atoms with E-state index in [0.29, 0.717) is 0 Å². The lowest BCUT2D eigenvalue weighted by Gasteiger charge is -2.33. The number of amides is 2. The molecule has 0 aromatic heterocycles. The Morgan fingerprint density at radius 2 is 0.807 bits per heavy atom. The Kier molecular flexibility index (Phi) is 11.2. The first-order chi connectivity index (χ1) is 27.2. The lowest BCUT2D eigenvalue weighted by atomic mass is 9.85. The number of hydrogen-bond donors (Lipinski definition) is 0. The molecule has 0 radical (unpaired) electrons. The molecule has 0 heterocycles. The summed E-state index contributed by atoms with van der Waals surface area (Å²) in [5.41, 5.74) is -3.27. The van der Waals surface area contributed by atoms with Gasteiger partial charge in [-0.25, -0.2) is 9.59 Å². The van der Waals surface area contributed by atoms with Gasteiger partial charge in [0.2, 0.25) is 23.1 Å². The summed E-state index contributed by atoms with van der Waals surface area (Å²) in [6, 6.07) is 22.4. The fraction of sp³-hybridized carbons (Fsp3) is 0.348. The fourth-order valence-corrected chi connectivity index (χ4v) is 7.53. The van der Waals surface area contributed by atoms with Crippen molar-refractivity contribution in [3.63, 3.8) is 0 Å². The average Bonchev–Trinajstić information content (AvgIpc) is 3.55. The minimum atomic E-state index is -2.49. The van der Waals surface area contributed by atoms with E-state index in [1.807, 2.05) is 27.7 Å². The number of hydrogen-bond acceptors (Lipinski definition) is 9. The van der Waals surface area contributed by atoms with E-state index in [9.17, 15) is 28.8 Å². The van der Waals surface area contributed by atoms with Gasteiger partial charge in [0.05, 0.1) is 11.1 Å². The largest absolute Gasteiger partial charge is 0.456 e. The smallest absolute Gasteiger partial charge is 0.411 e. The van der Waals surface area contributed by atoms with Crippen LogP contribution in [0.4, 0.5) is 9.59 Å². The summed E-state index contributed by atoms with van der Waals surface area (Å²) in [5.74, 6) is -3.20. The third kappa shape index (κ3) is 6.58. The van der Waals surface area contributed by atoms with Crippen LogP contribution in [0.2, 0.25) is 0 Å². The van der Waals surface area contributed by atoms with Gasteiger partial charge in [0, 0.05) is 48.4 Å². The third-order valence-electron chi connectivity index (χ3n) is 11.0. The highest BCUT2D eigenvalue weighted by molar-refractivity contribution is 6.33. The summed E-state index contributed by atoms with van der Waals surface area (Å²) in [5, 5.41) is 0. The Morgan fingerprint density at radius 1 is 0.509 bits per heavy atom. The first-order valence-electron chi connectivity index (χ1n) is 19.5. The highest BCUT2D eigenvalue weighted by Crippen LogP contribution is 2.50. The Hall–Kier alpha value is -6.10. The van der Waals surface area contributed by atoms with Crippen LogP contribution in [-0.2, 0) is 20.7 Å². The lowest BCUT2D eigenvalue weighted by molar-refractivity contribution is 0.00543. The highest BCUT2D eigenvalue weighted by atomic mass is 16.6. The molecule has 0 unspecified atom stereocenters. The molecule has 2 aliphatic rings. The van der Waals surface area contributed by atoms with Gasteiger partial charge in [0.1, 0.15) is 11.5 Å². The van der Waals surface area contributed by atoms with Gasteiger partial charge in [0.15, 0.2) is 0 Å². The van der Waals surface area contributed by atoms with Crippen LogP contribution in [0.1, 0.15) is 131 Å². The Morgan fingerprint density at radius 3 is 1.07 bits per heavy atom. The molecule has 11 heteroatoms. The number of carbonyl (C=O) groups is 6. The van der Waals surface area contributed by atoms with Crippen LogP contribution < -0.4 is 4.74 Å². The molecule has 0 saturated carbocycles. The maximum absolute atomic E-state index is 14.7. The predicted molar refractivity (Wildman–Crippen MR) is 214 cm³/mol. The van der Waals surface area contributed by atoms with Crippen molar-refractivity contribution in [3.8, 4) is 11.5 Å². The van der Waals surface area contributed by atoms with Crippen LogP contribution in [0.5, 0.6) is 11.5 Å². The van der Waals surface area contributed by atoms with Crippen LogP contribution in [0.15, 0.2) is 84.9 Å². The second-order valence-corrected chi connectivity index (χ2v) is 14.8. The van der Waals surface area contributed by atoms with E-state index >= 15 is 0 Å². The standard InChI is InChI=1S/C46H48N2O9/c1-9-47(10-2)43(53)56-45(39(49)31-17-13-14-18-32(31)40(45)50)35-23-21-29(27(5)6)25-37(35)55-38-26-30(28(7)8)22-24-36(38)46(57-44(54)48(11-3)12-4)41(51)33-19-15-16-20-34(33)42(46)52/h13-28H,9-12H2,1-8H3. The van der Waals surface area contributed by atoms with Crippen molar-refractivity contribution in [3.05, 3.63) is 129 Å². The SMILES string of the molecule is CCN(CC)C(=O)OC1(c2ccc(C(C)C)cc2Oc2cc(C(C)C)ccc2C2(OC(=O)N(CC)CC)C(=O)c3ccccc3C2=O)C(=O)c2ccccc2C1=O. The molecule has 0 atom stereocenters. The van der Waals surface area contributed by atoms with Crippen molar-refractivity contribution in [2.24, 2.45) is 0 Å². The Balaban J connectivity index is 1.64. The zero-order chi connectivity index (χ0) is 41.4. The van der Waals surface area contributed by atoms with Crippen molar-refractivity contribution >= 4 is 35.3 Å². The molecule has 0 bridgehead atoms. The molecule has 11 nitrogen and oxygen atoms in total. The Bertz CT molecular complexity index is 2050. The quantitative estimate of drug-likeness (QED) is 0.129. The number of benzene rings is 4. The summed E-state index contributed by atoms with van der Waals surface area (Å²) >= 11 is 0. The molecule has 6 rings (SSSR count). The van der Waals surface area contributed by atoms with Crippen molar-refractivity contribution in [2.75, 3.05) is 26.2 Å². The minimum Gasteiger partial charge on any atom is -0.456 e. The van der Waals surface area contributed by atoms with Crippen molar-refractivity contribution in [1.82, 2.24) is 9.80 Å². The van der Waals surface area contributed by atoms with Crippen molar-refractivity contribution in [2.45, 2.75) is 78.4 Å². The number of ketones is 4. The number of fused-ring (bicyclic) bond motifs is 2. The van der Waals surface area contributed by atoms with Gasteiger partial charge in [0.25, 0.3) is 11.2 Å². The van der Waals surface area contributed by atoms with E-state index < -0.39 is 46.5 Å². The van der Waals surface area contributed by atoms with E-state index in [2.05, 4.69) is 0 Å². The zero-order valence-corrected chi connectivity index (χ0v) is 33.6.